The number of anilines is 1. The number of halogens is 1. The summed E-state index contributed by atoms with van der Waals surface area (Å²) in [6, 6.07) is 6.63. The van der Waals surface area contributed by atoms with Crippen molar-refractivity contribution in [1.82, 2.24) is 0 Å². The van der Waals surface area contributed by atoms with Crippen molar-refractivity contribution in [2.75, 3.05) is 11.3 Å². The average molecular weight is 374 g/mol. The number of hydrogen-bond acceptors (Lipinski definition) is 4. The first-order chi connectivity index (χ1) is 10.8. The molecule has 2 rings (SSSR count). The van der Waals surface area contributed by atoms with Crippen molar-refractivity contribution in [3.8, 4) is 0 Å². The van der Waals surface area contributed by atoms with Crippen LogP contribution in [0.4, 0.5) is 5.69 Å². The monoisotopic (exact) mass is 373 g/mol. The van der Waals surface area contributed by atoms with Crippen molar-refractivity contribution in [3.05, 3.63) is 45.1 Å². The molecule has 0 fully saturated rings. The topological polar surface area (TPSA) is 55.4 Å². The number of thiophene rings is 1. The predicted molar refractivity (Wildman–Crippen MR) is 96.1 cm³/mol. The Bertz CT molecular complexity index is 769. The van der Waals surface area contributed by atoms with Gasteiger partial charge in [-0.15, -0.1) is 11.3 Å². The van der Waals surface area contributed by atoms with Crippen molar-refractivity contribution in [3.63, 3.8) is 0 Å². The molecule has 23 heavy (non-hydrogen) atoms. The second kappa shape index (κ2) is 7.66. The molecule has 0 aliphatic heterocycles. The second-order valence-electron chi connectivity index (χ2n) is 5.40. The number of rotatable bonds is 7. The van der Waals surface area contributed by atoms with Crippen molar-refractivity contribution < 1.29 is 13.2 Å². The molecule has 0 atom stereocenters. The number of hydrogen-bond donors (Lipinski definition) is 1. The molecule has 0 unspecified atom stereocenters. The lowest BCUT2D eigenvalue weighted by atomic mass is 10.2. The number of sulfonamides is 1. The second-order valence-corrected chi connectivity index (χ2v) is 8.45. The third kappa shape index (κ3) is 4.70. The molecule has 0 spiro atoms. The molecular formula is C16H20ClNO3S2. The molecule has 126 valence electrons. The highest BCUT2D eigenvalue weighted by atomic mass is 35.5. The Morgan fingerprint density at radius 1 is 1.30 bits per heavy atom. The third-order valence-electron chi connectivity index (χ3n) is 3.28. The van der Waals surface area contributed by atoms with Crippen LogP contribution in [0, 0.1) is 6.92 Å². The van der Waals surface area contributed by atoms with Crippen LogP contribution in [0.3, 0.4) is 0 Å². The van der Waals surface area contributed by atoms with E-state index in [2.05, 4.69) is 4.72 Å². The minimum absolute atomic E-state index is 0.157. The van der Waals surface area contributed by atoms with Crippen molar-refractivity contribution >= 4 is 38.6 Å². The Balaban J connectivity index is 2.18. The first-order valence-electron chi connectivity index (χ1n) is 7.27. The van der Waals surface area contributed by atoms with Gasteiger partial charge in [0.1, 0.15) is 0 Å². The van der Waals surface area contributed by atoms with E-state index in [1.807, 2.05) is 19.2 Å². The van der Waals surface area contributed by atoms with Gasteiger partial charge in [-0.2, -0.15) is 0 Å². The van der Waals surface area contributed by atoms with Gasteiger partial charge in [-0.25, -0.2) is 8.42 Å². The molecule has 4 nitrogen and oxygen atoms in total. The summed E-state index contributed by atoms with van der Waals surface area (Å²) in [5, 5.41) is 2.30. The van der Waals surface area contributed by atoms with Gasteiger partial charge in [0.15, 0.2) is 0 Å². The van der Waals surface area contributed by atoms with Crippen LogP contribution < -0.4 is 4.72 Å². The molecule has 0 saturated carbocycles. The first-order valence-corrected chi connectivity index (χ1v) is 10.0. The Morgan fingerprint density at radius 2 is 2.04 bits per heavy atom. The van der Waals surface area contributed by atoms with Crippen LogP contribution in [0.15, 0.2) is 34.5 Å². The molecule has 1 aromatic heterocycles. The van der Waals surface area contributed by atoms with Crippen LogP contribution in [-0.2, 0) is 21.2 Å². The van der Waals surface area contributed by atoms with Crippen molar-refractivity contribution in [2.45, 2.75) is 38.2 Å². The predicted octanol–water partition coefficient (Wildman–Crippen LogP) is 4.48. The molecule has 1 heterocycles. The van der Waals surface area contributed by atoms with Crippen LogP contribution in [0.25, 0.3) is 0 Å². The molecule has 7 heteroatoms. The van der Waals surface area contributed by atoms with Crippen molar-refractivity contribution in [2.24, 2.45) is 0 Å². The molecule has 0 bridgehead atoms. The van der Waals surface area contributed by atoms with Gasteiger partial charge in [0.05, 0.1) is 23.3 Å². The van der Waals surface area contributed by atoms with E-state index in [-0.39, 0.29) is 11.0 Å². The van der Waals surface area contributed by atoms with E-state index in [4.69, 9.17) is 16.3 Å². The minimum atomic E-state index is -3.67. The average Bonchev–Trinajstić information content (AvgIpc) is 2.88. The van der Waals surface area contributed by atoms with Gasteiger partial charge in [0.2, 0.25) is 0 Å². The fourth-order valence-corrected chi connectivity index (χ4v) is 4.56. The summed E-state index contributed by atoms with van der Waals surface area (Å²) in [7, 11) is -3.67. The van der Waals surface area contributed by atoms with E-state index in [1.54, 1.807) is 31.2 Å². The number of nitrogens with one attached hydrogen (secondary N) is 1. The van der Waals surface area contributed by atoms with E-state index >= 15 is 0 Å². The molecule has 1 N–H and O–H groups in total. The number of ether oxygens (including phenoxy) is 1. The Kier molecular flexibility index (Phi) is 6.08. The van der Waals surface area contributed by atoms with Crippen molar-refractivity contribution in [1.29, 1.82) is 0 Å². The summed E-state index contributed by atoms with van der Waals surface area (Å²) < 4.78 is 33.4. The molecule has 1 aromatic carbocycles. The Labute approximate surface area is 146 Å². The summed E-state index contributed by atoms with van der Waals surface area (Å²) >= 11 is 7.54. The lowest BCUT2D eigenvalue weighted by Gasteiger charge is -2.12. The smallest absolute Gasteiger partial charge is 0.262 e. The standard InChI is InChI=1S/C16H20ClNO3S2/c1-11(2)21-9-7-15-14(8-10-22-15)18-23(19,20)16-6-4-5-13(17)12(16)3/h4-6,8,10-11,18H,7,9H2,1-3H3. The Morgan fingerprint density at radius 3 is 2.74 bits per heavy atom. The largest absolute Gasteiger partial charge is 0.378 e. The molecule has 0 aliphatic carbocycles. The van der Waals surface area contributed by atoms with E-state index < -0.39 is 10.0 Å². The lowest BCUT2D eigenvalue weighted by Crippen LogP contribution is -2.15. The van der Waals surface area contributed by atoms with Gasteiger partial charge in [0, 0.05) is 16.3 Å². The Hall–Kier alpha value is -1.08. The summed E-state index contributed by atoms with van der Waals surface area (Å²) in [4.78, 5) is 1.15. The molecule has 0 amide bonds. The zero-order valence-electron chi connectivity index (χ0n) is 13.3. The first kappa shape index (κ1) is 18.3. The molecule has 0 aliphatic rings. The fourth-order valence-electron chi connectivity index (χ4n) is 2.09. The van der Waals surface area contributed by atoms with E-state index in [9.17, 15) is 8.42 Å². The van der Waals surface area contributed by atoms with Gasteiger partial charge in [-0.3, -0.25) is 4.72 Å². The van der Waals surface area contributed by atoms with Crippen LogP contribution >= 0.6 is 22.9 Å². The van der Waals surface area contributed by atoms with Gasteiger partial charge in [-0.05, 0) is 49.9 Å². The summed E-state index contributed by atoms with van der Waals surface area (Å²) in [6.45, 7) is 6.20. The number of benzene rings is 1. The van der Waals surface area contributed by atoms with E-state index in [0.29, 0.717) is 29.3 Å². The molecule has 0 radical (unpaired) electrons. The van der Waals surface area contributed by atoms with Gasteiger partial charge < -0.3 is 4.74 Å². The van der Waals surface area contributed by atoms with E-state index in [0.717, 1.165) is 4.88 Å². The fraction of sp³-hybridized carbons (Fsp3) is 0.375. The molecule has 0 saturated heterocycles. The maximum absolute atomic E-state index is 12.6. The maximum atomic E-state index is 12.6. The highest BCUT2D eigenvalue weighted by Gasteiger charge is 2.20. The van der Waals surface area contributed by atoms with Crippen LogP contribution in [0.2, 0.25) is 5.02 Å². The van der Waals surface area contributed by atoms with Crippen LogP contribution in [0.5, 0.6) is 0 Å². The van der Waals surface area contributed by atoms with Gasteiger partial charge >= 0.3 is 0 Å². The maximum Gasteiger partial charge on any atom is 0.262 e. The summed E-state index contributed by atoms with van der Waals surface area (Å²) in [6.07, 6.45) is 0.826. The normalized spacial score (nSPS) is 11.9. The summed E-state index contributed by atoms with van der Waals surface area (Å²) in [5.41, 5.74) is 1.14. The van der Waals surface area contributed by atoms with E-state index in [1.165, 1.54) is 11.3 Å². The highest BCUT2D eigenvalue weighted by Crippen LogP contribution is 2.28. The van der Waals surface area contributed by atoms with Crippen LogP contribution in [0.1, 0.15) is 24.3 Å². The minimum Gasteiger partial charge on any atom is -0.378 e. The van der Waals surface area contributed by atoms with Gasteiger partial charge in [-0.1, -0.05) is 17.7 Å². The van der Waals surface area contributed by atoms with Gasteiger partial charge in [0.25, 0.3) is 10.0 Å². The highest BCUT2D eigenvalue weighted by molar-refractivity contribution is 7.92. The molecule has 2 aromatic rings. The zero-order chi connectivity index (χ0) is 17.0. The zero-order valence-corrected chi connectivity index (χ0v) is 15.7. The summed E-state index contributed by atoms with van der Waals surface area (Å²) in [5.74, 6) is 0. The lowest BCUT2D eigenvalue weighted by molar-refractivity contribution is 0.0818. The van der Waals surface area contributed by atoms with Crippen LogP contribution in [-0.4, -0.2) is 21.1 Å². The molecular weight excluding hydrogens is 354 g/mol. The SMILES string of the molecule is Cc1c(Cl)cccc1S(=O)(=O)Nc1ccsc1CCOC(C)C. The quantitative estimate of drug-likeness (QED) is 0.778. The third-order valence-corrected chi connectivity index (χ3v) is 6.18.